The summed E-state index contributed by atoms with van der Waals surface area (Å²) in [4.78, 5) is 19.4. The highest BCUT2D eigenvalue weighted by Crippen LogP contribution is 2.03. The molecule has 0 spiro atoms. The van der Waals surface area contributed by atoms with Crippen molar-refractivity contribution in [1.29, 1.82) is 0 Å². The van der Waals surface area contributed by atoms with Gasteiger partial charge in [-0.1, -0.05) is 22.5 Å². The van der Waals surface area contributed by atoms with Crippen LogP contribution < -0.4 is 5.32 Å². The van der Waals surface area contributed by atoms with Gasteiger partial charge in [0.15, 0.2) is 5.96 Å². The summed E-state index contributed by atoms with van der Waals surface area (Å²) >= 11 is 3.30. The first kappa shape index (κ1) is 17.7. The van der Waals surface area contributed by atoms with Gasteiger partial charge in [0.25, 0.3) is 0 Å². The number of hydrogen-bond acceptors (Lipinski definition) is 2. The second-order valence-electron chi connectivity index (χ2n) is 3.91. The van der Waals surface area contributed by atoms with E-state index < -0.39 is 0 Å². The maximum absolute atomic E-state index is 11.2. The molecule has 0 bridgehead atoms. The molecule has 0 aliphatic carbocycles. The highest BCUT2D eigenvalue weighted by Gasteiger charge is 2.20. The van der Waals surface area contributed by atoms with E-state index in [1.54, 1.807) is 14.0 Å². The molecule has 1 fully saturated rings. The first-order chi connectivity index (χ1) is 8.04. The van der Waals surface area contributed by atoms with Crippen molar-refractivity contribution in [2.75, 3.05) is 39.8 Å². The standard InChI is InChI=1S/C11H19BrN4O.HI/c1-9(12)8-14-11(13-3)16-6-4-15(5-7-16)10(2)17;/h1,4-8H2,2-3H3,(H,13,14);1H. The highest BCUT2D eigenvalue weighted by atomic mass is 127. The maximum atomic E-state index is 11.2. The van der Waals surface area contributed by atoms with Crippen LogP contribution >= 0.6 is 39.9 Å². The summed E-state index contributed by atoms with van der Waals surface area (Å²) in [5.41, 5.74) is 0. The van der Waals surface area contributed by atoms with Crippen molar-refractivity contribution < 1.29 is 4.79 Å². The molecule has 1 aliphatic heterocycles. The Morgan fingerprint density at radius 2 is 1.83 bits per heavy atom. The topological polar surface area (TPSA) is 47.9 Å². The molecule has 7 heteroatoms. The van der Waals surface area contributed by atoms with E-state index in [9.17, 15) is 4.79 Å². The number of rotatable bonds is 2. The van der Waals surface area contributed by atoms with Crippen LogP contribution in [0.3, 0.4) is 0 Å². The lowest BCUT2D eigenvalue weighted by Gasteiger charge is -2.36. The van der Waals surface area contributed by atoms with E-state index >= 15 is 0 Å². The molecule has 1 saturated heterocycles. The molecule has 0 unspecified atom stereocenters. The Hall–Kier alpha value is -0.310. The minimum Gasteiger partial charge on any atom is -0.352 e. The number of hydrogen-bond donors (Lipinski definition) is 1. The number of halogens is 2. The van der Waals surface area contributed by atoms with E-state index in [1.807, 2.05) is 4.90 Å². The second-order valence-corrected chi connectivity index (χ2v) is 5.03. The smallest absolute Gasteiger partial charge is 0.219 e. The molecule has 0 atom stereocenters. The number of carbonyl (C=O) groups excluding carboxylic acids is 1. The van der Waals surface area contributed by atoms with Gasteiger partial charge in [-0.25, -0.2) is 0 Å². The first-order valence-corrected chi connectivity index (χ1v) is 6.38. The lowest BCUT2D eigenvalue weighted by Crippen LogP contribution is -2.53. The zero-order valence-corrected chi connectivity index (χ0v) is 14.7. The monoisotopic (exact) mass is 430 g/mol. The van der Waals surface area contributed by atoms with E-state index in [2.05, 4.69) is 37.7 Å². The highest BCUT2D eigenvalue weighted by molar-refractivity contribution is 14.0. The summed E-state index contributed by atoms with van der Waals surface area (Å²) in [6.45, 7) is 9.17. The number of piperazine rings is 1. The van der Waals surface area contributed by atoms with Crippen molar-refractivity contribution in [3.63, 3.8) is 0 Å². The lowest BCUT2D eigenvalue weighted by molar-refractivity contribution is -0.130. The number of nitrogens with zero attached hydrogens (tertiary/aromatic N) is 3. The van der Waals surface area contributed by atoms with Gasteiger partial charge in [-0.05, 0) is 0 Å². The van der Waals surface area contributed by atoms with Gasteiger partial charge >= 0.3 is 0 Å². The summed E-state index contributed by atoms with van der Waals surface area (Å²) in [7, 11) is 1.76. The largest absolute Gasteiger partial charge is 0.352 e. The molecule has 1 aliphatic rings. The Kier molecular flexibility index (Phi) is 8.58. The molecule has 0 aromatic carbocycles. The third-order valence-electron chi connectivity index (χ3n) is 2.67. The number of carbonyl (C=O) groups is 1. The van der Waals surface area contributed by atoms with Crippen LogP contribution in [0.25, 0.3) is 0 Å². The summed E-state index contributed by atoms with van der Waals surface area (Å²) in [5, 5.41) is 3.21. The van der Waals surface area contributed by atoms with Crippen molar-refractivity contribution in [2.24, 2.45) is 4.99 Å². The van der Waals surface area contributed by atoms with Crippen molar-refractivity contribution in [2.45, 2.75) is 6.92 Å². The Bertz CT molecular complexity index is 327. The maximum Gasteiger partial charge on any atom is 0.219 e. The fourth-order valence-corrected chi connectivity index (χ4v) is 1.88. The predicted molar refractivity (Wildman–Crippen MR) is 88.7 cm³/mol. The average Bonchev–Trinajstić information content (AvgIpc) is 2.30. The van der Waals surface area contributed by atoms with E-state index in [0.717, 1.165) is 36.6 Å². The van der Waals surface area contributed by atoms with Gasteiger partial charge in [-0.3, -0.25) is 9.79 Å². The van der Waals surface area contributed by atoms with Gasteiger partial charge in [0.05, 0.1) is 0 Å². The summed E-state index contributed by atoms with van der Waals surface area (Å²) in [6, 6.07) is 0. The number of guanidine groups is 1. The molecule has 1 rings (SSSR count). The Morgan fingerprint density at radius 1 is 1.33 bits per heavy atom. The van der Waals surface area contributed by atoms with E-state index in [0.29, 0.717) is 6.54 Å². The molecule has 1 amide bonds. The number of amides is 1. The Balaban J connectivity index is 0.00000289. The summed E-state index contributed by atoms with van der Waals surface area (Å²) < 4.78 is 0.890. The molecular weight excluding hydrogens is 411 g/mol. The van der Waals surface area contributed by atoms with Gasteiger partial charge in [0.1, 0.15) is 0 Å². The lowest BCUT2D eigenvalue weighted by atomic mass is 10.3. The zero-order valence-electron chi connectivity index (χ0n) is 10.8. The van der Waals surface area contributed by atoms with E-state index in [4.69, 9.17) is 0 Å². The van der Waals surface area contributed by atoms with Crippen LogP contribution in [0.2, 0.25) is 0 Å². The van der Waals surface area contributed by atoms with Crippen LogP contribution in [0.15, 0.2) is 16.1 Å². The van der Waals surface area contributed by atoms with Gasteiger partial charge in [-0.2, -0.15) is 0 Å². The first-order valence-electron chi connectivity index (χ1n) is 5.59. The van der Waals surface area contributed by atoms with Crippen molar-refractivity contribution >= 4 is 51.8 Å². The van der Waals surface area contributed by atoms with E-state index in [1.165, 1.54) is 0 Å². The fraction of sp³-hybridized carbons (Fsp3) is 0.636. The Labute approximate surface area is 134 Å². The van der Waals surface area contributed by atoms with Crippen molar-refractivity contribution in [1.82, 2.24) is 15.1 Å². The zero-order chi connectivity index (χ0) is 12.8. The average molecular weight is 431 g/mol. The van der Waals surface area contributed by atoms with Crippen LogP contribution in [-0.2, 0) is 4.79 Å². The Morgan fingerprint density at radius 3 is 2.22 bits per heavy atom. The third-order valence-corrected chi connectivity index (χ3v) is 2.96. The normalized spacial score (nSPS) is 16.1. The number of aliphatic imine (C=N–C) groups is 1. The number of nitrogens with one attached hydrogen (secondary N) is 1. The van der Waals surface area contributed by atoms with Crippen molar-refractivity contribution in [3.8, 4) is 0 Å². The molecule has 104 valence electrons. The molecule has 0 saturated carbocycles. The summed E-state index contributed by atoms with van der Waals surface area (Å²) in [5.74, 6) is 0.996. The van der Waals surface area contributed by atoms with Gasteiger partial charge in [0, 0.05) is 51.2 Å². The van der Waals surface area contributed by atoms with Gasteiger partial charge in [0.2, 0.25) is 5.91 Å². The minimum absolute atomic E-state index is 0. The van der Waals surface area contributed by atoms with Crippen LogP contribution in [0.1, 0.15) is 6.92 Å². The summed E-state index contributed by atoms with van der Waals surface area (Å²) in [6.07, 6.45) is 0. The molecule has 0 radical (unpaired) electrons. The molecule has 0 aromatic heterocycles. The van der Waals surface area contributed by atoms with Gasteiger partial charge < -0.3 is 15.1 Å². The fourth-order valence-electron chi connectivity index (χ4n) is 1.74. The third kappa shape index (κ3) is 5.55. The molecular formula is C11H20BrIN4O. The molecule has 5 nitrogen and oxygen atoms in total. The quantitative estimate of drug-likeness (QED) is 0.407. The van der Waals surface area contributed by atoms with Crippen LogP contribution in [0.5, 0.6) is 0 Å². The van der Waals surface area contributed by atoms with Crippen molar-refractivity contribution in [3.05, 3.63) is 11.1 Å². The molecule has 0 aromatic rings. The van der Waals surface area contributed by atoms with E-state index in [-0.39, 0.29) is 29.9 Å². The van der Waals surface area contributed by atoms with Gasteiger partial charge in [-0.15, -0.1) is 24.0 Å². The molecule has 1 N–H and O–H groups in total. The predicted octanol–water partition coefficient (Wildman–Crippen LogP) is 1.25. The van der Waals surface area contributed by atoms with Crippen LogP contribution in [0.4, 0.5) is 0 Å². The molecule has 1 heterocycles. The second kappa shape index (κ2) is 8.73. The SMILES string of the molecule is C=C(Br)CNC(=NC)N1CCN(C(C)=O)CC1.I. The minimum atomic E-state index is 0. The van der Waals surface area contributed by atoms with Crippen LogP contribution in [0, 0.1) is 0 Å². The molecule has 18 heavy (non-hydrogen) atoms. The van der Waals surface area contributed by atoms with Crippen LogP contribution in [-0.4, -0.2) is 61.4 Å².